The molecule has 1 N–H and O–H groups in total. The summed E-state index contributed by atoms with van der Waals surface area (Å²) in [4.78, 5) is 18.8. The summed E-state index contributed by atoms with van der Waals surface area (Å²) in [6.45, 7) is 1.45. The third kappa shape index (κ3) is 4.48. The van der Waals surface area contributed by atoms with E-state index < -0.39 is 0 Å². The molecule has 1 aliphatic carbocycles. The highest BCUT2D eigenvalue weighted by atomic mass is 35.5. The average molecular weight is 483 g/mol. The molecule has 0 radical (unpaired) electrons. The summed E-state index contributed by atoms with van der Waals surface area (Å²) < 4.78 is 7.76. The Labute approximate surface area is 207 Å². The molecule has 2 aliphatic heterocycles. The van der Waals surface area contributed by atoms with Gasteiger partial charge >= 0.3 is 0 Å². The van der Waals surface area contributed by atoms with Crippen molar-refractivity contribution < 1.29 is 4.74 Å². The second kappa shape index (κ2) is 9.44. The summed E-state index contributed by atoms with van der Waals surface area (Å²) in [5, 5.41) is 4.90. The lowest BCUT2D eigenvalue weighted by Gasteiger charge is -2.21. The van der Waals surface area contributed by atoms with E-state index in [0.29, 0.717) is 11.0 Å². The number of rotatable bonds is 4. The fraction of sp³-hybridized carbons (Fsp3) is 0.185. The zero-order valence-electron chi connectivity index (χ0n) is 18.9. The van der Waals surface area contributed by atoms with Crippen molar-refractivity contribution >= 4 is 34.3 Å². The summed E-state index contributed by atoms with van der Waals surface area (Å²) in [6, 6.07) is 22.1. The predicted molar refractivity (Wildman–Crippen MR) is 137 cm³/mol. The van der Waals surface area contributed by atoms with Gasteiger partial charge in [0, 0.05) is 36.3 Å². The first-order valence-corrected chi connectivity index (χ1v) is 12.0. The summed E-state index contributed by atoms with van der Waals surface area (Å²) in [6.07, 6.45) is 5.22. The molecule has 3 aromatic rings. The van der Waals surface area contributed by atoms with Gasteiger partial charge in [0.2, 0.25) is 5.95 Å². The van der Waals surface area contributed by atoms with Crippen molar-refractivity contribution in [3.05, 3.63) is 89.5 Å². The van der Waals surface area contributed by atoms with Crippen LogP contribution in [-0.2, 0) is 4.74 Å². The van der Waals surface area contributed by atoms with E-state index in [1.54, 1.807) is 18.5 Å². The Morgan fingerprint density at radius 3 is 2.51 bits per heavy atom. The number of halogens is 1. The highest BCUT2D eigenvalue weighted by Crippen LogP contribution is 2.30. The van der Waals surface area contributed by atoms with E-state index in [-0.39, 0.29) is 6.04 Å². The van der Waals surface area contributed by atoms with Gasteiger partial charge in [0.25, 0.3) is 0 Å². The van der Waals surface area contributed by atoms with Crippen molar-refractivity contribution in [1.82, 2.24) is 19.5 Å². The first kappa shape index (κ1) is 21.7. The van der Waals surface area contributed by atoms with Crippen LogP contribution in [0.4, 0.5) is 11.6 Å². The Kier molecular flexibility index (Phi) is 5.86. The van der Waals surface area contributed by atoms with Crippen LogP contribution in [-0.4, -0.2) is 38.8 Å². The van der Waals surface area contributed by atoms with Crippen molar-refractivity contribution in [2.45, 2.75) is 18.9 Å². The average Bonchev–Trinajstić information content (AvgIpc) is 2.90. The minimum Gasteiger partial charge on any atom is -0.381 e. The number of fused-ring (bicyclic) bond motifs is 2. The zero-order chi connectivity index (χ0) is 23.6. The number of hydrogen-bond donors (Lipinski definition) is 1. The van der Waals surface area contributed by atoms with Gasteiger partial charge < -0.3 is 14.6 Å². The molecule has 1 aromatic heterocycles. The number of ether oxygens (including phenoxy) is 1. The van der Waals surface area contributed by atoms with Gasteiger partial charge in [0.05, 0.1) is 39.5 Å². The Bertz CT molecular complexity index is 1510. The minimum absolute atomic E-state index is 0.191. The highest BCUT2D eigenvalue weighted by molar-refractivity contribution is 6.30. The molecule has 0 saturated carbocycles. The molecule has 0 bridgehead atoms. The highest BCUT2D eigenvalue weighted by Gasteiger charge is 2.18. The number of benzene rings is 3. The van der Waals surface area contributed by atoms with Gasteiger partial charge in [-0.25, -0.2) is 15.0 Å². The summed E-state index contributed by atoms with van der Waals surface area (Å²) >= 11 is 6.20. The van der Waals surface area contributed by atoms with E-state index in [1.807, 2.05) is 48.5 Å². The fourth-order valence-corrected chi connectivity index (χ4v) is 4.54. The van der Waals surface area contributed by atoms with Crippen molar-refractivity contribution in [1.29, 1.82) is 0 Å². The van der Waals surface area contributed by atoms with Crippen molar-refractivity contribution in [3.8, 4) is 17.1 Å². The summed E-state index contributed by atoms with van der Waals surface area (Å²) in [5.74, 6) is 0.515. The maximum atomic E-state index is 6.20. The number of aromatic nitrogens is 4. The molecule has 1 saturated heterocycles. The van der Waals surface area contributed by atoms with Crippen LogP contribution in [0.15, 0.2) is 84.1 Å². The quantitative estimate of drug-likeness (QED) is 0.347. The van der Waals surface area contributed by atoms with Crippen molar-refractivity contribution in [2.24, 2.45) is 4.99 Å². The molecule has 8 heteroatoms. The normalized spacial score (nSPS) is 15.1. The molecule has 0 amide bonds. The van der Waals surface area contributed by atoms with E-state index >= 15 is 0 Å². The maximum Gasteiger partial charge on any atom is 0.227 e. The van der Waals surface area contributed by atoms with Gasteiger partial charge in [0.1, 0.15) is 0 Å². The van der Waals surface area contributed by atoms with Crippen LogP contribution < -0.4 is 10.7 Å². The van der Waals surface area contributed by atoms with E-state index in [1.165, 1.54) is 0 Å². The van der Waals surface area contributed by atoms with Crippen LogP contribution in [0.3, 0.4) is 0 Å². The van der Waals surface area contributed by atoms with Gasteiger partial charge in [-0.2, -0.15) is 0 Å². The lowest BCUT2D eigenvalue weighted by molar-refractivity contribution is 0.0864. The van der Waals surface area contributed by atoms with E-state index in [2.05, 4.69) is 32.0 Å². The van der Waals surface area contributed by atoms with Crippen LogP contribution in [0.1, 0.15) is 12.8 Å². The topological polar surface area (TPSA) is 77.2 Å². The number of hydrogen-bond acceptors (Lipinski definition) is 6. The number of anilines is 2. The largest absolute Gasteiger partial charge is 0.381 e. The second-order valence-corrected chi connectivity index (χ2v) is 8.88. The molecule has 6 rings (SSSR count). The summed E-state index contributed by atoms with van der Waals surface area (Å²) in [7, 11) is 0. The zero-order valence-corrected chi connectivity index (χ0v) is 19.7. The standard InChI is InChI=1S/C27H23ClN6O/c28-18-6-8-20(9-7-18)34-25-5-2-1-4-21(25)32-24-16-22(33-27-29-12-3-13-30-27)23(17-26(24)34)31-19-10-14-35-15-11-19/h1-9,12-13,16-17,19H,10-11,14-15H2,(H,29,30,33)/b31-23+. The van der Waals surface area contributed by atoms with E-state index in [0.717, 1.165) is 65.2 Å². The van der Waals surface area contributed by atoms with E-state index in [4.69, 9.17) is 26.3 Å². The van der Waals surface area contributed by atoms with Gasteiger partial charge in [-0.05, 0) is 67.4 Å². The predicted octanol–water partition coefficient (Wildman–Crippen LogP) is 5.40. The minimum atomic E-state index is 0.191. The Hall–Kier alpha value is -3.81. The Morgan fingerprint density at radius 2 is 1.71 bits per heavy atom. The van der Waals surface area contributed by atoms with Crippen LogP contribution in [0.5, 0.6) is 0 Å². The summed E-state index contributed by atoms with van der Waals surface area (Å²) in [5.41, 5.74) is 5.51. The van der Waals surface area contributed by atoms with Crippen LogP contribution in [0, 0.1) is 0 Å². The number of para-hydroxylation sites is 2. The Balaban J connectivity index is 1.62. The lowest BCUT2D eigenvalue weighted by atomic mass is 10.1. The molecule has 7 nitrogen and oxygen atoms in total. The molecule has 3 heterocycles. The molecule has 2 aromatic carbocycles. The van der Waals surface area contributed by atoms with E-state index in [9.17, 15) is 0 Å². The monoisotopic (exact) mass is 482 g/mol. The fourth-order valence-electron chi connectivity index (χ4n) is 4.41. The molecule has 3 aliphatic rings. The lowest BCUT2D eigenvalue weighted by Crippen LogP contribution is -2.23. The molecule has 0 atom stereocenters. The molecule has 1 fully saturated rings. The second-order valence-electron chi connectivity index (χ2n) is 8.44. The van der Waals surface area contributed by atoms with Gasteiger partial charge in [-0.15, -0.1) is 0 Å². The molecular weight excluding hydrogens is 460 g/mol. The SMILES string of the molecule is Clc1ccc(-n2c3c/c(=N\C4CCOCC4)c(Nc4ncccn4)cc-3nc3ccccc32)cc1. The Morgan fingerprint density at radius 1 is 0.943 bits per heavy atom. The smallest absolute Gasteiger partial charge is 0.227 e. The van der Waals surface area contributed by atoms with Crippen molar-refractivity contribution in [2.75, 3.05) is 18.5 Å². The van der Waals surface area contributed by atoms with Crippen molar-refractivity contribution in [3.63, 3.8) is 0 Å². The first-order valence-electron chi connectivity index (χ1n) is 11.6. The van der Waals surface area contributed by atoms with Crippen LogP contribution >= 0.6 is 11.6 Å². The van der Waals surface area contributed by atoms with Gasteiger partial charge in [0.15, 0.2) is 0 Å². The van der Waals surface area contributed by atoms with Gasteiger partial charge in [-0.3, -0.25) is 4.99 Å². The molecule has 35 heavy (non-hydrogen) atoms. The van der Waals surface area contributed by atoms with Gasteiger partial charge in [-0.1, -0.05) is 23.7 Å². The van der Waals surface area contributed by atoms with Crippen LogP contribution in [0.25, 0.3) is 28.1 Å². The molecule has 174 valence electrons. The molecular formula is C27H23ClN6O. The number of nitrogens with one attached hydrogen (secondary N) is 1. The third-order valence-electron chi connectivity index (χ3n) is 6.11. The first-order chi connectivity index (χ1) is 17.2. The maximum absolute atomic E-state index is 6.20. The molecule has 0 spiro atoms. The molecule has 0 unspecified atom stereocenters. The number of nitrogens with zero attached hydrogens (tertiary/aromatic N) is 5. The van der Waals surface area contributed by atoms with Crippen LogP contribution in [0.2, 0.25) is 5.02 Å². The third-order valence-corrected chi connectivity index (χ3v) is 6.36.